The van der Waals surface area contributed by atoms with Gasteiger partial charge in [0.25, 0.3) is 0 Å². The minimum absolute atomic E-state index is 0.0968. The van der Waals surface area contributed by atoms with Crippen LogP contribution >= 0.6 is 0 Å². The summed E-state index contributed by atoms with van der Waals surface area (Å²) in [5.41, 5.74) is 0. The van der Waals surface area contributed by atoms with E-state index in [9.17, 15) is 9.59 Å². The summed E-state index contributed by atoms with van der Waals surface area (Å²) in [5.74, 6) is -0.627. The number of aliphatic hydroxyl groups excluding tert-OH is 1. The summed E-state index contributed by atoms with van der Waals surface area (Å²) in [6.07, 6.45) is 10.4. The number of unbranched alkanes of at least 4 members (excludes halogenated alkanes) is 7. The number of aliphatic hydroxyl groups is 1. The Hall–Kier alpha value is -0.900. The molecule has 0 fully saturated rings. The predicted octanol–water partition coefficient (Wildman–Crippen LogP) is 3.31. The van der Waals surface area contributed by atoms with E-state index in [1.807, 2.05) is 0 Å². The van der Waals surface area contributed by atoms with Gasteiger partial charge in [-0.05, 0) is 19.3 Å². The molecular weight excluding hydrogens is 244 g/mol. The van der Waals surface area contributed by atoms with Crippen LogP contribution < -0.4 is 0 Å². The molecule has 0 spiro atoms. The average molecular weight is 272 g/mol. The van der Waals surface area contributed by atoms with Crippen molar-refractivity contribution >= 4 is 11.8 Å². The number of carboxylic acids is 1. The normalized spacial score (nSPS) is 10.6. The van der Waals surface area contributed by atoms with Gasteiger partial charge < -0.3 is 10.2 Å². The first kappa shape index (κ1) is 18.1. The van der Waals surface area contributed by atoms with Gasteiger partial charge in [0.05, 0.1) is 0 Å². The van der Waals surface area contributed by atoms with Crippen LogP contribution in [-0.2, 0) is 9.59 Å². The molecule has 0 aromatic rings. The van der Waals surface area contributed by atoms with E-state index in [0.29, 0.717) is 25.9 Å². The Kier molecular flexibility index (Phi) is 12.9. The topological polar surface area (TPSA) is 74.6 Å². The van der Waals surface area contributed by atoms with Gasteiger partial charge in [0, 0.05) is 25.9 Å². The summed E-state index contributed by atoms with van der Waals surface area (Å²) >= 11 is 0. The van der Waals surface area contributed by atoms with Gasteiger partial charge in [-0.15, -0.1) is 0 Å². The fourth-order valence-electron chi connectivity index (χ4n) is 2.06. The molecule has 2 N–H and O–H groups in total. The van der Waals surface area contributed by atoms with E-state index in [1.165, 1.54) is 25.7 Å². The van der Waals surface area contributed by atoms with Crippen LogP contribution in [0.5, 0.6) is 0 Å². The highest BCUT2D eigenvalue weighted by atomic mass is 16.4. The third kappa shape index (κ3) is 15.0. The minimum atomic E-state index is -0.825. The van der Waals surface area contributed by atoms with Crippen molar-refractivity contribution in [1.29, 1.82) is 0 Å². The molecule has 0 aliphatic rings. The molecule has 0 saturated heterocycles. The molecule has 0 aromatic heterocycles. The van der Waals surface area contributed by atoms with E-state index in [2.05, 4.69) is 0 Å². The van der Waals surface area contributed by atoms with E-state index in [1.54, 1.807) is 0 Å². The maximum absolute atomic E-state index is 11.4. The van der Waals surface area contributed by atoms with E-state index in [0.717, 1.165) is 25.7 Å². The van der Waals surface area contributed by atoms with Crippen LogP contribution in [0.2, 0.25) is 0 Å². The van der Waals surface area contributed by atoms with E-state index in [4.69, 9.17) is 10.2 Å². The molecule has 0 bridgehead atoms. The van der Waals surface area contributed by atoms with Crippen molar-refractivity contribution in [3.8, 4) is 0 Å². The van der Waals surface area contributed by atoms with Crippen molar-refractivity contribution in [1.82, 2.24) is 0 Å². The van der Waals surface area contributed by atoms with Gasteiger partial charge in [-0.3, -0.25) is 9.59 Å². The molecule has 0 aliphatic carbocycles. The quantitative estimate of drug-likeness (QED) is 0.476. The molecule has 0 rings (SSSR count). The third-order valence-corrected chi connectivity index (χ3v) is 3.21. The molecule has 0 heterocycles. The summed E-state index contributed by atoms with van der Waals surface area (Å²) < 4.78 is 0. The molecule has 0 amide bonds. The van der Waals surface area contributed by atoms with Crippen molar-refractivity contribution in [3.05, 3.63) is 0 Å². The average Bonchev–Trinajstić information content (AvgIpc) is 2.36. The van der Waals surface area contributed by atoms with Gasteiger partial charge in [-0.2, -0.15) is 0 Å². The van der Waals surface area contributed by atoms with Gasteiger partial charge in [0.1, 0.15) is 5.78 Å². The largest absolute Gasteiger partial charge is 0.481 e. The maximum Gasteiger partial charge on any atom is 0.303 e. The molecule has 0 aliphatic heterocycles. The van der Waals surface area contributed by atoms with Crippen LogP contribution in [0, 0.1) is 0 Å². The molecule has 4 heteroatoms. The van der Waals surface area contributed by atoms with Crippen molar-refractivity contribution < 1.29 is 19.8 Å². The summed E-state index contributed by atoms with van der Waals surface area (Å²) in [5, 5.41) is 17.1. The number of hydrogen-bond donors (Lipinski definition) is 2. The Labute approximate surface area is 116 Å². The Morgan fingerprint density at radius 2 is 1.11 bits per heavy atom. The summed E-state index contributed by atoms with van der Waals surface area (Å²) in [4.78, 5) is 21.7. The maximum atomic E-state index is 11.4. The SMILES string of the molecule is O=C(O)CCCC(=O)CCCCCCCCCCO. The number of hydrogen-bond acceptors (Lipinski definition) is 3. The van der Waals surface area contributed by atoms with Crippen molar-refractivity contribution in [2.24, 2.45) is 0 Å². The standard InChI is InChI=1S/C15H28O4/c16-13-8-6-4-2-1-3-5-7-10-14(17)11-9-12-15(18)19/h16H,1-13H2,(H,18,19). The van der Waals surface area contributed by atoms with Crippen LogP contribution in [-0.4, -0.2) is 28.6 Å². The van der Waals surface area contributed by atoms with E-state index in [-0.39, 0.29) is 12.2 Å². The number of rotatable bonds is 14. The second kappa shape index (κ2) is 13.5. The lowest BCUT2D eigenvalue weighted by molar-refractivity contribution is -0.137. The van der Waals surface area contributed by atoms with E-state index < -0.39 is 5.97 Å². The molecule has 0 aromatic carbocycles. The fourth-order valence-corrected chi connectivity index (χ4v) is 2.06. The number of carboxylic acid groups (broad SMARTS) is 1. The predicted molar refractivity (Wildman–Crippen MR) is 75.1 cm³/mol. The Balaban J connectivity index is 3.16. The number of carbonyl (C=O) groups excluding carboxylic acids is 1. The van der Waals surface area contributed by atoms with Crippen LogP contribution in [0.3, 0.4) is 0 Å². The summed E-state index contributed by atoms with van der Waals surface area (Å²) in [6, 6.07) is 0. The minimum Gasteiger partial charge on any atom is -0.481 e. The summed E-state index contributed by atoms with van der Waals surface area (Å²) in [7, 11) is 0. The van der Waals surface area contributed by atoms with Gasteiger partial charge in [0.2, 0.25) is 0 Å². The zero-order valence-corrected chi connectivity index (χ0v) is 11.9. The highest BCUT2D eigenvalue weighted by molar-refractivity contribution is 5.78. The van der Waals surface area contributed by atoms with Crippen molar-refractivity contribution in [3.63, 3.8) is 0 Å². The van der Waals surface area contributed by atoms with Gasteiger partial charge in [-0.25, -0.2) is 0 Å². The van der Waals surface area contributed by atoms with Gasteiger partial charge in [0.15, 0.2) is 0 Å². The zero-order chi connectivity index (χ0) is 14.3. The first-order valence-corrected chi connectivity index (χ1v) is 7.51. The number of aliphatic carboxylic acids is 1. The number of Topliss-reactive ketones (excluding diaryl/α,β-unsaturated/α-hetero) is 1. The van der Waals surface area contributed by atoms with Crippen LogP contribution in [0.4, 0.5) is 0 Å². The molecule has 4 nitrogen and oxygen atoms in total. The lowest BCUT2D eigenvalue weighted by Gasteiger charge is -2.02. The fraction of sp³-hybridized carbons (Fsp3) is 0.867. The smallest absolute Gasteiger partial charge is 0.303 e. The zero-order valence-electron chi connectivity index (χ0n) is 11.9. The third-order valence-electron chi connectivity index (χ3n) is 3.21. The van der Waals surface area contributed by atoms with Crippen LogP contribution in [0.1, 0.15) is 77.0 Å². The second-order valence-electron chi connectivity index (χ2n) is 5.09. The Bertz CT molecular complexity index is 238. The molecule has 19 heavy (non-hydrogen) atoms. The highest BCUT2D eigenvalue weighted by Crippen LogP contribution is 2.10. The second-order valence-corrected chi connectivity index (χ2v) is 5.09. The number of ketones is 1. The molecule has 0 unspecified atom stereocenters. The van der Waals surface area contributed by atoms with Crippen molar-refractivity contribution in [2.45, 2.75) is 77.0 Å². The van der Waals surface area contributed by atoms with Gasteiger partial charge >= 0.3 is 5.97 Å². The summed E-state index contributed by atoms with van der Waals surface area (Å²) in [6.45, 7) is 0.296. The molecule has 0 radical (unpaired) electrons. The monoisotopic (exact) mass is 272 g/mol. The molecule has 0 saturated carbocycles. The first-order chi connectivity index (χ1) is 9.16. The molecular formula is C15H28O4. The lowest BCUT2D eigenvalue weighted by Crippen LogP contribution is -2.00. The number of carbonyl (C=O) groups is 2. The highest BCUT2D eigenvalue weighted by Gasteiger charge is 2.03. The lowest BCUT2D eigenvalue weighted by atomic mass is 10.0. The van der Waals surface area contributed by atoms with E-state index >= 15 is 0 Å². The van der Waals surface area contributed by atoms with Crippen LogP contribution in [0.15, 0.2) is 0 Å². The Morgan fingerprint density at radius 1 is 0.632 bits per heavy atom. The molecule has 112 valence electrons. The van der Waals surface area contributed by atoms with Crippen LogP contribution in [0.25, 0.3) is 0 Å². The molecule has 0 atom stereocenters. The Morgan fingerprint density at radius 3 is 1.63 bits per heavy atom. The first-order valence-electron chi connectivity index (χ1n) is 7.51. The van der Waals surface area contributed by atoms with Crippen molar-refractivity contribution in [2.75, 3.05) is 6.61 Å². The van der Waals surface area contributed by atoms with Gasteiger partial charge in [-0.1, -0.05) is 38.5 Å².